The van der Waals surface area contributed by atoms with Crippen molar-refractivity contribution < 1.29 is 9.90 Å². The molecule has 0 bridgehead atoms. The number of phenols is 1. The summed E-state index contributed by atoms with van der Waals surface area (Å²) < 4.78 is 0. The molecule has 2 rings (SSSR count). The fraction of sp³-hybridized carbons (Fsp3) is 0.462. The lowest BCUT2D eigenvalue weighted by Crippen LogP contribution is -2.36. The molecular weight excluding hydrogens is 287 g/mol. The first-order chi connectivity index (χ1) is 9.00. The van der Waals surface area contributed by atoms with Crippen LogP contribution in [0.3, 0.4) is 0 Å². The highest BCUT2D eigenvalue weighted by atomic mass is 35.5. The van der Waals surface area contributed by atoms with Gasteiger partial charge in [-0.2, -0.15) is 0 Å². The van der Waals surface area contributed by atoms with Crippen LogP contribution >= 0.6 is 23.2 Å². The van der Waals surface area contributed by atoms with Gasteiger partial charge in [-0.15, -0.1) is 0 Å². The molecule has 0 radical (unpaired) electrons. The molecule has 0 spiro atoms. The third kappa shape index (κ3) is 3.14. The van der Waals surface area contributed by atoms with Gasteiger partial charge in [0.05, 0.1) is 16.0 Å². The van der Waals surface area contributed by atoms with E-state index in [4.69, 9.17) is 28.9 Å². The Kier molecular flexibility index (Phi) is 4.55. The minimum atomic E-state index is -0.531. The van der Waals surface area contributed by atoms with Gasteiger partial charge in [-0.3, -0.25) is 4.79 Å². The van der Waals surface area contributed by atoms with Gasteiger partial charge in [0.2, 0.25) is 5.91 Å². The predicted octanol–water partition coefficient (Wildman–Crippen LogP) is 2.27. The minimum Gasteiger partial charge on any atom is -0.508 e. The molecule has 4 N–H and O–H groups in total. The highest BCUT2D eigenvalue weighted by Gasteiger charge is 2.31. The SMILES string of the molecule is NC(=O)C(c1cc(Cl)c(Cl)cc1O)C1CCNCC1. The number of carbonyl (C=O) groups is 1. The number of rotatable bonds is 3. The first-order valence-corrected chi connectivity index (χ1v) is 6.94. The molecule has 104 valence electrons. The van der Waals surface area contributed by atoms with E-state index in [1.807, 2.05) is 0 Å². The maximum atomic E-state index is 11.8. The maximum Gasteiger partial charge on any atom is 0.225 e. The number of carbonyl (C=O) groups excluding carboxylic acids is 1. The van der Waals surface area contributed by atoms with Crippen molar-refractivity contribution in [3.63, 3.8) is 0 Å². The molecule has 1 atom stereocenters. The van der Waals surface area contributed by atoms with Gasteiger partial charge in [0.25, 0.3) is 0 Å². The van der Waals surface area contributed by atoms with Crippen LogP contribution in [0, 0.1) is 5.92 Å². The van der Waals surface area contributed by atoms with E-state index in [2.05, 4.69) is 5.32 Å². The third-order valence-corrected chi connectivity index (χ3v) is 4.29. The Balaban J connectivity index is 2.38. The lowest BCUT2D eigenvalue weighted by atomic mass is 9.79. The maximum absolute atomic E-state index is 11.8. The number of benzene rings is 1. The van der Waals surface area contributed by atoms with E-state index < -0.39 is 11.8 Å². The quantitative estimate of drug-likeness (QED) is 0.802. The molecule has 19 heavy (non-hydrogen) atoms. The van der Waals surface area contributed by atoms with E-state index in [1.165, 1.54) is 12.1 Å². The number of nitrogens with two attached hydrogens (primary N) is 1. The molecule has 1 saturated heterocycles. The minimum absolute atomic E-state index is 0.0308. The van der Waals surface area contributed by atoms with Crippen LogP contribution in [0.5, 0.6) is 5.75 Å². The van der Waals surface area contributed by atoms with Crippen molar-refractivity contribution in [2.75, 3.05) is 13.1 Å². The zero-order chi connectivity index (χ0) is 14.0. The van der Waals surface area contributed by atoms with Crippen LogP contribution in [0.25, 0.3) is 0 Å². The molecule has 1 heterocycles. The smallest absolute Gasteiger partial charge is 0.225 e. The van der Waals surface area contributed by atoms with Crippen molar-refractivity contribution in [2.24, 2.45) is 11.7 Å². The normalized spacial score (nSPS) is 18.2. The summed E-state index contributed by atoms with van der Waals surface area (Å²) in [7, 11) is 0. The molecule has 4 nitrogen and oxygen atoms in total. The molecule has 1 aliphatic rings. The van der Waals surface area contributed by atoms with Crippen LogP contribution in [0.15, 0.2) is 12.1 Å². The van der Waals surface area contributed by atoms with Gasteiger partial charge >= 0.3 is 0 Å². The molecule has 1 unspecified atom stereocenters. The second kappa shape index (κ2) is 5.99. The summed E-state index contributed by atoms with van der Waals surface area (Å²) in [4.78, 5) is 11.8. The van der Waals surface area contributed by atoms with E-state index in [9.17, 15) is 9.90 Å². The lowest BCUT2D eigenvalue weighted by molar-refractivity contribution is -0.120. The number of amides is 1. The van der Waals surface area contributed by atoms with E-state index in [1.54, 1.807) is 0 Å². The standard InChI is InChI=1S/C13H16Cl2N2O2/c14-9-5-8(11(18)6-10(9)15)12(13(16)19)7-1-3-17-4-2-7/h5-7,12,17-18H,1-4H2,(H2,16,19). The molecule has 0 saturated carbocycles. The Labute approximate surface area is 121 Å². The number of hydrogen-bond acceptors (Lipinski definition) is 3. The van der Waals surface area contributed by atoms with Crippen LogP contribution < -0.4 is 11.1 Å². The summed E-state index contributed by atoms with van der Waals surface area (Å²) in [6, 6.07) is 2.90. The van der Waals surface area contributed by atoms with Crippen LogP contribution in [0.4, 0.5) is 0 Å². The van der Waals surface area contributed by atoms with Gasteiger partial charge in [0.15, 0.2) is 0 Å². The highest BCUT2D eigenvalue weighted by molar-refractivity contribution is 6.42. The molecule has 1 aromatic carbocycles. The summed E-state index contributed by atoms with van der Waals surface area (Å²) in [5, 5.41) is 13.8. The number of phenolic OH excluding ortho intramolecular Hbond substituents is 1. The topological polar surface area (TPSA) is 75.4 Å². The van der Waals surface area contributed by atoms with Crippen molar-refractivity contribution in [3.8, 4) is 5.75 Å². The Morgan fingerprint density at radius 1 is 1.32 bits per heavy atom. The van der Waals surface area contributed by atoms with Crippen molar-refractivity contribution >= 4 is 29.1 Å². The van der Waals surface area contributed by atoms with Crippen molar-refractivity contribution in [3.05, 3.63) is 27.7 Å². The molecule has 1 aromatic rings. The number of piperidine rings is 1. The number of hydrogen-bond donors (Lipinski definition) is 3. The molecule has 1 aliphatic heterocycles. The second-order valence-corrected chi connectivity index (χ2v) is 5.61. The average molecular weight is 303 g/mol. The monoisotopic (exact) mass is 302 g/mol. The van der Waals surface area contributed by atoms with Gasteiger partial charge in [-0.1, -0.05) is 23.2 Å². The number of nitrogens with one attached hydrogen (secondary N) is 1. The number of primary amides is 1. The van der Waals surface area contributed by atoms with Crippen molar-refractivity contribution in [1.82, 2.24) is 5.32 Å². The van der Waals surface area contributed by atoms with Crippen molar-refractivity contribution in [1.29, 1.82) is 0 Å². The van der Waals surface area contributed by atoms with Gasteiger partial charge in [-0.25, -0.2) is 0 Å². The number of halogens is 2. The molecular formula is C13H16Cl2N2O2. The first-order valence-electron chi connectivity index (χ1n) is 6.18. The van der Waals surface area contributed by atoms with E-state index in [-0.39, 0.29) is 16.7 Å². The van der Waals surface area contributed by atoms with Gasteiger partial charge in [0.1, 0.15) is 5.75 Å². The zero-order valence-electron chi connectivity index (χ0n) is 10.3. The summed E-state index contributed by atoms with van der Waals surface area (Å²) in [5.41, 5.74) is 5.98. The highest BCUT2D eigenvalue weighted by Crippen LogP contribution is 2.39. The molecule has 0 aliphatic carbocycles. The van der Waals surface area contributed by atoms with Gasteiger partial charge < -0.3 is 16.2 Å². The molecule has 0 aromatic heterocycles. The third-order valence-electron chi connectivity index (χ3n) is 3.57. The van der Waals surface area contributed by atoms with E-state index in [0.717, 1.165) is 25.9 Å². The fourth-order valence-electron chi connectivity index (χ4n) is 2.62. The number of aromatic hydroxyl groups is 1. The van der Waals surface area contributed by atoms with Crippen molar-refractivity contribution in [2.45, 2.75) is 18.8 Å². The summed E-state index contributed by atoms with van der Waals surface area (Å²) in [6.07, 6.45) is 1.68. The zero-order valence-corrected chi connectivity index (χ0v) is 11.8. The van der Waals surface area contributed by atoms with Crippen LogP contribution in [0.1, 0.15) is 24.3 Å². The molecule has 1 amide bonds. The summed E-state index contributed by atoms with van der Waals surface area (Å²) >= 11 is 11.8. The lowest BCUT2D eigenvalue weighted by Gasteiger charge is -2.29. The summed E-state index contributed by atoms with van der Waals surface area (Å²) in [6.45, 7) is 1.69. The van der Waals surface area contributed by atoms with Gasteiger partial charge in [0, 0.05) is 11.6 Å². The fourth-order valence-corrected chi connectivity index (χ4v) is 2.95. The van der Waals surface area contributed by atoms with Crippen LogP contribution in [0.2, 0.25) is 10.0 Å². The van der Waals surface area contributed by atoms with Crippen LogP contribution in [-0.2, 0) is 4.79 Å². The average Bonchev–Trinajstić information content (AvgIpc) is 2.37. The predicted molar refractivity (Wildman–Crippen MR) is 75.7 cm³/mol. The Hall–Kier alpha value is -0.970. The van der Waals surface area contributed by atoms with E-state index >= 15 is 0 Å². The second-order valence-electron chi connectivity index (χ2n) is 4.79. The Morgan fingerprint density at radius 2 is 1.89 bits per heavy atom. The molecule has 1 fully saturated rings. The Bertz CT molecular complexity index is 488. The molecule has 6 heteroatoms. The largest absolute Gasteiger partial charge is 0.508 e. The summed E-state index contributed by atoms with van der Waals surface area (Å²) in [5.74, 6) is -0.893. The van der Waals surface area contributed by atoms with Gasteiger partial charge in [-0.05, 0) is 37.9 Å². The first kappa shape index (κ1) is 14.4. The Morgan fingerprint density at radius 3 is 2.47 bits per heavy atom. The van der Waals surface area contributed by atoms with E-state index in [0.29, 0.717) is 10.6 Å². The van der Waals surface area contributed by atoms with Crippen LogP contribution in [-0.4, -0.2) is 24.1 Å².